The van der Waals surface area contributed by atoms with Gasteiger partial charge in [-0.2, -0.15) is 13.2 Å². The average molecular weight is 445 g/mol. The molecule has 1 aliphatic heterocycles. The summed E-state index contributed by atoms with van der Waals surface area (Å²) >= 11 is 0. The molecule has 3 rings (SSSR count). The summed E-state index contributed by atoms with van der Waals surface area (Å²) in [6, 6.07) is 12.8. The largest absolute Gasteiger partial charge is 0.461 e. The van der Waals surface area contributed by atoms with E-state index in [0.717, 1.165) is 17.0 Å². The van der Waals surface area contributed by atoms with Gasteiger partial charge in [0, 0.05) is 12.1 Å². The predicted octanol–water partition coefficient (Wildman–Crippen LogP) is 4.43. The van der Waals surface area contributed by atoms with Crippen LogP contribution in [-0.4, -0.2) is 35.8 Å². The van der Waals surface area contributed by atoms with Crippen molar-refractivity contribution in [1.82, 2.24) is 4.90 Å². The first-order valence-electron chi connectivity index (χ1n) is 10.0. The first kappa shape index (κ1) is 23.2. The molecule has 1 atom stereocenters. The number of esters is 1. The fourth-order valence-corrected chi connectivity index (χ4v) is 3.71. The Morgan fingerprint density at radius 3 is 2.34 bits per heavy atom. The summed E-state index contributed by atoms with van der Waals surface area (Å²) in [5.74, 6) is -1.94. The van der Waals surface area contributed by atoms with Crippen molar-refractivity contribution in [2.45, 2.75) is 25.4 Å². The van der Waals surface area contributed by atoms with Gasteiger partial charge in [-0.15, -0.1) is 0 Å². The Morgan fingerprint density at radius 1 is 1.09 bits per heavy atom. The van der Waals surface area contributed by atoms with Crippen molar-refractivity contribution in [3.05, 3.63) is 83.9 Å². The molecule has 1 heterocycles. The lowest BCUT2D eigenvalue weighted by atomic mass is 9.80. The third kappa shape index (κ3) is 4.74. The van der Waals surface area contributed by atoms with Gasteiger partial charge in [0.25, 0.3) is 5.91 Å². The number of carbonyl (C=O) groups excluding carboxylic acids is 3. The fraction of sp³-hybridized carbons (Fsp3) is 0.292. The molecule has 0 radical (unpaired) electrons. The Kier molecular flexibility index (Phi) is 6.81. The fourth-order valence-electron chi connectivity index (χ4n) is 3.71. The van der Waals surface area contributed by atoms with Gasteiger partial charge in [0.1, 0.15) is 12.0 Å². The number of rotatable bonds is 7. The average Bonchev–Trinajstić information content (AvgIpc) is 3.13. The number of amides is 2. The van der Waals surface area contributed by atoms with E-state index in [1.54, 1.807) is 30.3 Å². The van der Waals surface area contributed by atoms with E-state index in [-0.39, 0.29) is 32.4 Å². The maximum Gasteiger partial charge on any atom is 0.416 e. The first-order chi connectivity index (χ1) is 15.2. The zero-order valence-corrected chi connectivity index (χ0v) is 17.2. The van der Waals surface area contributed by atoms with Crippen LogP contribution in [0.5, 0.6) is 0 Å². The number of ether oxygens (including phenoxy) is 1. The lowest BCUT2D eigenvalue weighted by Gasteiger charge is -2.25. The van der Waals surface area contributed by atoms with E-state index < -0.39 is 34.9 Å². The molecule has 5 nitrogen and oxygen atoms in total. The number of likely N-dealkylation sites (tertiary alicyclic amines) is 1. The van der Waals surface area contributed by atoms with Crippen molar-refractivity contribution in [2.24, 2.45) is 5.41 Å². The van der Waals surface area contributed by atoms with Crippen LogP contribution in [0.25, 0.3) is 0 Å². The van der Waals surface area contributed by atoms with E-state index in [1.807, 2.05) is 0 Å². The molecule has 1 unspecified atom stereocenters. The Balaban J connectivity index is 1.82. The van der Waals surface area contributed by atoms with Crippen molar-refractivity contribution in [3.8, 4) is 0 Å². The number of nitrogens with zero attached hydrogens (tertiary/aromatic N) is 1. The van der Waals surface area contributed by atoms with Gasteiger partial charge in [-0.25, -0.2) is 0 Å². The number of carbonyl (C=O) groups is 3. The number of hydrogen-bond acceptors (Lipinski definition) is 4. The number of hydrogen-bond donors (Lipinski definition) is 0. The summed E-state index contributed by atoms with van der Waals surface area (Å²) in [6.07, 6.45) is -2.84. The highest BCUT2D eigenvalue weighted by Gasteiger charge is 2.55. The molecule has 2 aromatic rings. The van der Waals surface area contributed by atoms with Crippen LogP contribution in [-0.2, 0) is 26.9 Å². The molecule has 2 amide bonds. The van der Waals surface area contributed by atoms with E-state index in [2.05, 4.69) is 6.58 Å². The van der Waals surface area contributed by atoms with Crippen LogP contribution in [0.4, 0.5) is 13.2 Å². The van der Waals surface area contributed by atoms with E-state index in [4.69, 9.17) is 4.74 Å². The van der Waals surface area contributed by atoms with Gasteiger partial charge in [-0.3, -0.25) is 19.3 Å². The molecule has 0 saturated carbocycles. The Bertz CT molecular complexity index is 1000. The summed E-state index contributed by atoms with van der Waals surface area (Å²) < 4.78 is 43.6. The summed E-state index contributed by atoms with van der Waals surface area (Å²) in [4.78, 5) is 40.0. The van der Waals surface area contributed by atoms with Crippen LogP contribution in [0.3, 0.4) is 0 Å². The molecular weight excluding hydrogens is 423 g/mol. The summed E-state index contributed by atoms with van der Waals surface area (Å²) in [6.45, 7) is 3.43. The minimum Gasteiger partial charge on any atom is -0.461 e. The standard InChI is InChI=1S/C24H22F3NO4/c1-2-16-32-22(31)23(13-12-17-8-10-19(11-9-17)24(25,26)27)14-15-28(21(23)30)20(29)18-6-4-3-5-7-18/h2-11H,1,12-16H2. The van der Waals surface area contributed by atoms with Gasteiger partial charge in [0.15, 0.2) is 0 Å². The number of benzene rings is 2. The third-order valence-electron chi connectivity index (χ3n) is 5.53. The van der Waals surface area contributed by atoms with Crippen molar-refractivity contribution in [1.29, 1.82) is 0 Å². The van der Waals surface area contributed by atoms with Gasteiger partial charge in [0.2, 0.25) is 5.91 Å². The second-order valence-corrected chi connectivity index (χ2v) is 7.54. The van der Waals surface area contributed by atoms with Crippen LogP contribution in [0.15, 0.2) is 67.3 Å². The molecule has 1 aliphatic rings. The zero-order valence-electron chi connectivity index (χ0n) is 17.2. The normalized spacial score (nSPS) is 18.5. The van der Waals surface area contributed by atoms with Crippen molar-refractivity contribution < 1.29 is 32.3 Å². The van der Waals surface area contributed by atoms with E-state index in [1.165, 1.54) is 18.2 Å². The van der Waals surface area contributed by atoms with Gasteiger partial charge in [-0.05, 0) is 49.1 Å². The van der Waals surface area contributed by atoms with E-state index in [9.17, 15) is 27.6 Å². The molecule has 1 saturated heterocycles. The number of alkyl halides is 3. The zero-order chi connectivity index (χ0) is 23.4. The van der Waals surface area contributed by atoms with Gasteiger partial charge < -0.3 is 4.74 Å². The van der Waals surface area contributed by atoms with Crippen LogP contribution in [0.2, 0.25) is 0 Å². The lowest BCUT2D eigenvalue weighted by Crippen LogP contribution is -2.44. The van der Waals surface area contributed by atoms with Crippen LogP contribution in [0.1, 0.15) is 34.3 Å². The Labute approximate surface area is 183 Å². The molecule has 168 valence electrons. The number of halogens is 3. The summed E-state index contributed by atoms with van der Waals surface area (Å²) in [7, 11) is 0. The quantitative estimate of drug-likeness (QED) is 0.274. The lowest BCUT2D eigenvalue weighted by molar-refractivity contribution is -0.160. The minimum absolute atomic E-state index is 0.00570. The SMILES string of the molecule is C=CCOC(=O)C1(CCc2ccc(C(F)(F)F)cc2)CCN(C(=O)c2ccccc2)C1=O. The molecule has 0 N–H and O–H groups in total. The Hall–Kier alpha value is -3.42. The van der Waals surface area contributed by atoms with Crippen molar-refractivity contribution in [2.75, 3.05) is 13.2 Å². The first-order valence-corrected chi connectivity index (χ1v) is 10.0. The highest BCUT2D eigenvalue weighted by Crippen LogP contribution is 2.39. The smallest absolute Gasteiger partial charge is 0.416 e. The summed E-state index contributed by atoms with van der Waals surface area (Å²) in [5.41, 5.74) is -1.51. The monoisotopic (exact) mass is 445 g/mol. The molecule has 32 heavy (non-hydrogen) atoms. The molecule has 0 spiro atoms. The van der Waals surface area contributed by atoms with Crippen molar-refractivity contribution in [3.63, 3.8) is 0 Å². The van der Waals surface area contributed by atoms with E-state index in [0.29, 0.717) is 11.1 Å². The predicted molar refractivity (Wildman–Crippen MR) is 110 cm³/mol. The molecule has 8 heteroatoms. The Morgan fingerprint density at radius 2 is 1.75 bits per heavy atom. The maximum absolute atomic E-state index is 13.3. The van der Waals surface area contributed by atoms with Gasteiger partial charge in [0.05, 0.1) is 5.56 Å². The molecule has 0 aliphatic carbocycles. The van der Waals surface area contributed by atoms with Crippen LogP contribution in [0, 0.1) is 5.41 Å². The van der Waals surface area contributed by atoms with Crippen LogP contribution < -0.4 is 0 Å². The van der Waals surface area contributed by atoms with Crippen LogP contribution >= 0.6 is 0 Å². The van der Waals surface area contributed by atoms with Crippen molar-refractivity contribution >= 4 is 17.8 Å². The molecular formula is C24H22F3NO4. The third-order valence-corrected chi connectivity index (χ3v) is 5.53. The van der Waals surface area contributed by atoms with Gasteiger partial charge in [-0.1, -0.05) is 43.0 Å². The topological polar surface area (TPSA) is 63.7 Å². The van der Waals surface area contributed by atoms with E-state index >= 15 is 0 Å². The highest BCUT2D eigenvalue weighted by atomic mass is 19.4. The second-order valence-electron chi connectivity index (χ2n) is 7.54. The molecule has 0 bridgehead atoms. The minimum atomic E-state index is -4.45. The summed E-state index contributed by atoms with van der Waals surface area (Å²) in [5, 5.41) is 0. The molecule has 2 aromatic carbocycles. The molecule has 1 fully saturated rings. The number of imide groups is 1. The second kappa shape index (κ2) is 9.38. The maximum atomic E-state index is 13.3. The highest BCUT2D eigenvalue weighted by molar-refractivity contribution is 6.13. The van der Waals surface area contributed by atoms with Gasteiger partial charge >= 0.3 is 12.1 Å². The number of aryl methyl sites for hydroxylation is 1. The molecule has 0 aromatic heterocycles.